The van der Waals surface area contributed by atoms with E-state index >= 15 is 0 Å². The molecule has 5 heteroatoms. The van der Waals surface area contributed by atoms with Crippen molar-refractivity contribution in [2.75, 3.05) is 0 Å². The molecule has 0 aromatic rings. The van der Waals surface area contributed by atoms with Crippen molar-refractivity contribution in [2.45, 2.75) is 63.5 Å². The molecule has 2 saturated carbocycles. The first-order chi connectivity index (χ1) is 8.35. The Kier molecular flexibility index (Phi) is 4.36. The minimum Gasteiger partial charge on any atom is -0.411 e. The summed E-state index contributed by atoms with van der Waals surface area (Å²) < 4.78 is 0. The zero-order valence-corrected chi connectivity index (χ0v) is 10.1. The van der Waals surface area contributed by atoms with Crippen LogP contribution in [0.3, 0.4) is 0 Å². The van der Waals surface area contributed by atoms with Crippen LogP contribution in [0.15, 0.2) is 10.3 Å². The van der Waals surface area contributed by atoms with Crippen LogP contribution < -0.4 is 5.32 Å². The van der Waals surface area contributed by atoms with Gasteiger partial charge in [0.1, 0.15) is 0 Å². The van der Waals surface area contributed by atoms with E-state index in [2.05, 4.69) is 15.6 Å². The number of rotatable bonds is 2. The van der Waals surface area contributed by atoms with Crippen molar-refractivity contribution in [3.8, 4) is 0 Å². The Morgan fingerprint density at radius 2 is 1.29 bits per heavy atom. The fourth-order valence-corrected chi connectivity index (χ4v) is 2.83. The summed E-state index contributed by atoms with van der Waals surface area (Å²) in [5, 5.41) is 28.2. The largest absolute Gasteiger partial charge is 0.411 e. The summed E-state index contributed by atoms with van der Waals surface area (Å²) in [5.41, 5.74) is 1.69. The zero-order chi connectivity index (χ0) is 12.1. The molecule has 3 N–H and O–H groups in total. The molecule has 0 aromatic carbocycles. The molecule has 0 spiro atoms. The number of nitrogens with one attached hydrogen (secondary N) is 1. The number of hydrogen-bond acceptors (Lipinski definition) is 5. The minimum absolute atomic E-state index is 0.147. The maximum Gasteiger partial charge on any atom is 0.0739 e. The third-order valence-corrected chi connectivity index (χ3v) is 3.82. The lowest BCUT2D eigenvalue weighted by Crippen LogP contribution is -2.49. The molecule has 5 nitrogen and oxygen atoms in total. The number of oxime groups is 2. The summed E-state index contributed by atoms with van der Waals surface area (Å²) in [6, 6.07) is 0.294. The summed E-state index contributed by atoms with van der Waals surface area (Å²) in [7, 11) is 0. The summed E-state index contributed by atoms with van der Waals surface area (Å²) in [4.78, 5) is 0. The Hall–Kier alpha value is -1.10. The molecule has 2 rings (SSSR count). The Balaban J connectivity index is 1.98. The monoisotopic (exact) mass is 239 g/mol. The highest BCUT2D eigenvalue weighted by Gasteiger charge is 2.27. The fourth-order valence-electron chi connectivity index (χ4n) is 2.83. The Morgan fingerprint density at radius 1 is 0.824 bits per heavy atom. The predicted octanol–water partition coefficient (Wildman–Crippen LogP) is 2.12. The second-order valence-electron chi connectivity index (χ2n) is 4.95. The molecule has 0 radical (unpaired) electrons. The molecule has 0 saturated heterocycles. The maximum absolute atomic E-state index is 8.98. The van der Waals surface area contributed by atoms with E-state index in [9.17, 15) is 0 Å². The second-order valence-corrected chi connectivity index (χ2v) is 4.95. The van der Waals surface area contributed by atoms with E-state index in [1.165, 1.54) is 0 Å². The summed E-state index contributed by atoms with van der Waals surface area (Å²) in [6.07, 6.45) is 8.28. The average molecular weight is 239 g/mol. The maximum atomic E-state index is 8.98. The summed E-state index contributed by atoms with van der Waals surface area (Å²) >= 11 is 0. The fraction of sp³-hybridized carbons (Fsp3) is 0.833. The van der Waals surface area contributed by atoms with Crippen LogP contribution in [-0.4, -0.2) is 33.9 Å². The number of nitrogens with zero attached hydrogens (tertiary/aromatic N) is 2. The van der Waals surface area contributed by atoms with Gasteiger partial charge in [-0.25, -0.2) is 0 Å². The molecule has 0 heterocycles. The third kappa shape index (κ3) is 2.97. The Labute approximate surface area is 102 Å². The van der Waals surface area contributed by atoms with E-state index in [1.54, 1.807) is 0 Å². The van der Waals surface area contributed by atoms with Crippen LogP contribution in [0.1, 0.15) is 51.4 Å². The second kappa shape index (κ2) is 6.00. The lowest BCUT2D eigenvalue weighted by molar-refractivity contribution is 0.303. The first-order valence-corrected chi connectivity index (χ1v) is 6.53. The van der Waals surface area contributed by atoms with Crippen LogP contribution in [0.2, 0.25) is 0 Å². The first-order valence-electron chi connectivity index (χ1n) is 6.53. The van der Waals surface area contributed by atoms with Crippen molar-refractivity contribution in [1.82, 2.24) is 5.32 Å². The van der Waals surface area contributed by atoms with Crippen molar-refractivity contribution < 1.29 is 10.4 Å². The highest BCUT2D eigenvalue weighted by Crippen LogP contribution is 2.20. The summed E-state index contributed by atoms with van der Waals surface area (Å²) in [5.74, 6) is 0. The Bertz CT molecular complexity index is 285. The van der Waals surface area contributed by atoms with Crippen LogP contribution >= 0.6 is 0 Å². The number of hydrogen-bond donors (Lipinski definition) is 3. The predicted molar refractivity (Wildman–Crippen MR) is 66.1 cm³/mol. The van der Waals surface area contributed by atoms with Gasteiger partial charge in [-0.15, -0.1) is 0 Å². The molecular weight excluding hydrogens is 218 g/mol. The molecule has 17 heavy (non-hydrogen) atoms. The van der Waals surface area contributed by atoms with Crippen LogP contribution in [0.25, 0.3) is 0 Å². The van der Waals surface area contributed by atoms with Gasteiger partial charge in [-0.05, 0) is 38.5 Å². The molecule has 0 bridgehead atoms. The standard InChI is InChI=1S/C12H21N3O2/c16-14-11-7-3-1-5-9(11)13-10-6-2-4-8-12(10)15-17/h9-10,13,16-17H,1-8H2/b14-11-,15-12-. The van der Waals surface area contributed by atoms with Crippen molar-refractivity contribution in [3.63, 3.8) is 0 Å². The van der Waals surface area contributed by atoms with Gasteiger partial charge >= 0.3 is 0 Å². The van der Waals surface area contributed by atoms with E-state index in [1.807, 2.05) is 0 Å². The van der Waals surface area contributed by atoms with Gasteiger partial charge in [0, 0.05) is 12.1 Å². The first kappa shape index (κ1) is 12.4. The van der Waals surface area contributed by atoms with Gasteiger partial charge in [0.25, 0.3) is 0 Å². The van der Waals surface area contributed by atoms with Crippen molar-refractivity contribution in [1.29, 1.82) is 0 Å². The SMILES string of the molecule is O/N=C1/CCCCC1NC1CCCC/C1=N/O. The van der Waals surface area contributed by atoms with Gasteiger partial charge in [0.2, 0.25) is 0 Å². The van der Waals surface area contributed by atoms with E-state index in [4.69, 9.17) is 10.4 Å². The highest BCUT2D eigenvalue weighted by molar-refractivity contribution is 5.93. The van der Waals surface area contributed by atoms with E-state index in [0.29, 0.717) is 0 Å². The van der Waals surface area contributed by atoms with Gasteiger partial charge in [0.05, 0.1) is 11.4 Å². The summed E-state index contributed by atoms with van der Waals surface area (Å²) in [6.45, 7) is 0. The molecule has 0 aromatic heterocycles. The van der Waals surface area contributed by atoms with Crippen molar-refractivity contribution in [2.24, 2.45) is 10.3 Å². The normalized spacial score (nSPS) is 35.3. The minimum atomic E-state index is 0.147. The lowest BCUT2D eigenvalue weighted by Gasteiger charge is -2.31. The highest BCUT2D eigenvalue weighted by atomic mass is 16.4. The van der Waals surface area contributed by atoms with Crippen LogP contribution in [0, 0.1) is 0 Å². The molecule has 2 atom stereocenters. The van der Waals surface area contributed by atoms with Crippen LogP contribution in [0.4, 0.5) is 0 Å². The quantitative estimate of drug-likeness (QED) is 0.510. The lowest BCUT2D eigenvalue weighted by atomic mass is 9.89. The molecule has 2 unspecified atom stereocenters. The smallest absolute Gasteiger partial charge is 0.0739 e. The van der Waals surface area contributed by atoms with Gasteiger partial charge in [-0.2, -0.15) is 0 Å². The van der Waals surface area contributed by atoms with Gasteiger partial charge in [-0.3, -0.25) is 0 Å². The van der Waals surface area contributed by atoms with Crippen molar-refractivity contribution >= 4 is 11.4 Å². The van der Waals surface area contributed by atoms with Gasteiger partial charge in [0.15, 0.2) is 0 Å². The molecule has 0 amide bonds. The van der Waals surface area contributed by atoms with E-state index in [-0.39, 0.29) is 12.1 Å². The Morgan fingerprint density at radius 3 is 1.71 bits per heavy atom. The molecule has 2 aliphatic carbocycles. The van der Waals surface area contributed by atoms with Crippen LogP contribution in [-0.2, 0) is 0 Å². The topological polar surface area (TPSA) is 77.2 Å². The molecule has 0 aliphatic heterocycles. The molecular formula is C12H21N3O2. The van der Waals surface area contributed by atoms with Crippen molar-refractivity contribution in [3.05, 3.63) is 0 Å². The van der Waals surface area contributed by atoms with Crippen LogP contribution in [0.5, 0.6) is 0 Å². The molecule has 2 aliphatic rings. The van der Waals surface area contributed by atoms with Gasteiger partial charge in [-0.1, -0.05) is 23.2 Å². The van der Waals surface area contributed by atoms with E-state index < -0.39 is 0 Å². The average Bonchev–Trinajstić information content (AvgIpc) is 2.40. The van der Waals surface area contributed by atoms with Gasteiger partial charge < -0.3 is 15.7 Å². The third-order valence-electron chi connectivity index (χ3n) is 3.82. The van der Waals surface area contributed by atoms with E-state index in [0.717, 1.165) is 62.8 Å². The zero-order valence-electron chi connectivity index (χ0n) is 10.1. The molecule has 96 valence electrons. The molecule has 2 fully saturated rings.